The van der Waals surface area contributed by atoms with E-state index in [9.17, 15) is 4.79 Å². The quantitative estimate of drug-likeness (QED) is 0.753. The minimum Gasteiger partial charge on any atom is -0.344 e. The second kappa shape index (κ2) is 5.90. The normalized spacial score (nSPS) is 30.6. The number of hydrogen-bond acceptors (Lipinski definition) is 3. The molecule has 4 aliphatic carbocycles. The second-order valence-electron chi connectivity index (χ2n) is 9.13. The lowest BCUT2D eigenvalue weighted by molar-refractivity contribution is -0.0168. The number of fused-ring (bicyclic) bond motifs is 1. The first kappa shape index (κ1) is 16.3. The Balaban J connectivity index is 1.38. The third kappa shape index (κ3) is 2.49. The van der Waals surface area contributed by atoms with E-state index in [1.807, 2.05) is 40.9 Å². The van der Waals surface area contributed by atoms with Crippen molar-refractivity contribution >= 4 is 11.4 Å². The van der Waals surface area contributed by atoms with Crippen LogP contribution in [-0.2, 0) is 0 Å². The number of hydrogen-bond donors (Lipinski definition) is 1. The molecule has 0 unspecified atom stereocenters. The minimum atomic E-state index is -0.0385. The lowest BCUT2D eigenvalue weighted by Crippen LogP contribution is -2.60. The number of imidazole rings is 1. The number of carbonyl (C=O) groups is 1. The average molecular weight is 372 g/mol. The van der Waals surface area contributed by atoms with E-state index in [4.69, 9.17) is 4.98 Å². The zero-order valence-electron chi connectivity index (χ0n) is 15.8. The van der Waals surface area contributed by atoms with Gasteiger partial charge in [0.2, 0.25) is 5.82 Å². The summed E-state index contributed by atoms with van der Waals surface area (Å²) in [5.74, 6) is 2.85. The summed E-state index contributed by atoms with van der Waals surface area (Å²) >= 11 is 0. The summed E-state index contributed by atoms with van der Waals surface area (Å²) in [7, 11) is 0. The molecule has 4 saturated carbocycles. The van der Waals surface area contributed by atoms with Crippen molar-refractivity contribution in [3.05, 3.63) is 54.7 Å². The van der Waals surface area contributed by atoms with Gasteiger partial charge in [-0.2, -0.15) is 0 Å². The summed E-state index contributed by atoms with van der Waals surface area (Å²) < 4.78 is 1.92. The molecule has 3 aromatic rings. The summed E-state index contributed by atoms with van der Waals surface area (Å²) in [5, 5.41) is 3.46. The first-order valence-corrected chi connectivity index (χ1v) is 10.4. The van der Waals surface area contributed by atoms with Gasteiger partial charge in [-0.1, -0.05) is 6.07 Å². The van der Waals surface area contributed by atoms with Crippen LogP contribution in [0.15, 0.2) is 48.9 Å². The van der Waals surface area contributed by atoms with Gasteiger partial charge in [-0.25, -0.2) is 4.98 Å². The van der Waals surface area contributed by atoms with Crippen molar-refractivity contribution in [1.29, 1.82) is 0 Å². The van der Waals surface area contributed by atoms with Crippen molar-refractivity contribution in [1.82, 2.24) is 19.7 Å². The number of rotatable bonds is 3. The third-order valence-corrected chi connectivity index (χ3v) is 7.12. The molecule has 0 radical (unpaired) electrons. The Kier molecular flexibility index (Phi) is 3.43. The van der Waals surface area contributed by atoms with E-state index in [0.717, 1.165) is 53.8 Å². The fourth-order valence-corrected chi connectivity index (χ4v) is 6.48. The number of nitrogens with zero attached hydrogens (tertiary/aromatic N) is 3. The van der Waals surface area contributed by atoms with E-state index in [2.05, 4.69) is 10.3 Å². The van der Waals surface area contributed by atoms with Crippen LogP contribution in [0, 0.1) is 17.8 Å². The van der Waals surface area contributed by atoms with E-state index in [1.54, 1.807) is 12.4 Å². The average Bonchev–Trinajstić information content (AvgIpc) is 3.07. The van der Waals surface area contributed by atoms with Gasteiger partial charge in [0.1, 0.15) is 0 Å². The van der Waals surface area contributed by atoms with Crippen LogP contribution in [0.5, 0.6) is 0 Å². The smallest absolute Gasteiger partial charge is 0.288 e. The van der Waals surface area contributed by atoms with Gasteiger partial charge in [0.15, 0.2) is 0 Å². The SMILES string of the molecule is O=C(NC12CC3CC(CC(C3)C1)C2)c1nc(-c2ccncc2)c2ccccn12. The Morgan fingerprint density at radius 3 is 2.36 bits per heavy atom. The standard InChI is InChI=1S/C23H24N4O/c28-22(26-23-12-15-9-16(13-23)11-17(10-15)14-23)21-25-20(18-4-6-24-7-5-18)19-3-1-2-8-27(19)21/h1-8,15-17H,9-14H2,(H,26,28). The summed E-state index contributed by atoms with van der Waals surface area (Å²) in [6.45, 7) is 0. The molecule has 1 amide bonds. The molecule has 0 atom stereocenters. The first-order valence-electron chi connectivity index (χ1n) is 10.4. The molecule has 0 saturated heterocycles. The van der Waals surface area contributed by atoms with Gasteiger partial charge in [-0.3, -0.25) is 14.2 Å². The number of nitrogens with one attached hydrogen (secondary N) is 1. The maximum absolute atomic E-state index is 13.4. The Morgan fingerprint density at radius 2 is 1.68 bits per heavy atom. The summed E-state index contributed by atoms with van der Waals surface area (Å²) in [5.41, 5.74) is 2.75. The number of pyridine rings is 2. The molecule has 4 aliphatic rings. The van der Waals surface area contributed by atoms with Crippen molar-refractivity contribution in [2.45, 2.75) is 44.1 Å². The van der Waals surface area contributed by atoms with Crippen LogP contribution in [-0.4, -0.2) is 25.8 Å². The van der Waals surface area contributed by atoms with Gasteiger partial charge in [0.05, 0.1) is 11.2 Å². The van der Waals surface area contributed by atoms with Crippen LogP contribution in [0.1, 0.15) is 49.1 Å². The van der Waals surface area contributed by atoms with Gasteiger partial charge in [0, 0.05) is 29.7 Å². The molecule has 3 heterocycles. The van der Waals surface area contributed by atoms with Crippen LogP contribution in [0.2, 0.25) is 0 Å². The highest BCUT2D eigenvalue weighted by molar-refractivity contribution is 5.95. The van der Waals surface area contributed by atoms with Gasteiger partial charge in [0.25, 0.3) is 5.91 Å². The van der Waals surface area contributed by atoms with Gasteiger partial charge in [-0.15, -0.1) is 0 Å². The number of amides is 1. The third-order valence-electron chi connectivity index (χ3n) is 7.12. The topological polar surface area (TPSA) is 59.3 Å². The molecular formula is C23H24N4O. The number of carbonyl (C=O) groups excluding carboxylic acids is 1. The molecule has 0 aromatic carbocycles. The van der Waals surface area contributed by atoms with Gasteiger partial charge < -0.3 is 5.32 Å². The van der Waals surface area contributed by atoms with Crippen molar-refractivity contribution in [2.24, 2.45) is 17.8 Å². The first-order chi connectivity index (χ1) is 13.7. The molecule has 3 aromatic heterocycles. The lowest BCUT2D eigenvalue weighted by atomic mass is 9.53. The minimum absolute atomic E-state index is 0.0106. The van der Waals surface area contributed by atoms with Crippen LogP contribution in [0.25, 0.3) is 16.8 Å². The van der Waals surface area contributed by atoms with Crippen molar-refractivity contribution in [3.63, 3.8) is 0 Å². The van der Waals surface area contributed by atoms with Crippen LogP contribution < -0.4 is 5.32 Å². The van der Waals surface area contributed by atoms with Crippen molar-refractivity contribution < 1.29 is 4.79 Å². The van der Waals surface area contributed by atoms with E-state index < -0.39 is 0 Å². The highest BCUT2D eigenvalue weighted by Crippen LogP contribution is 2.55. The zero-order valence-corrected chi connectivity index (χ0v) is 15.8. The predicted octanol–water partition coefficient (Wildman–Crippen LogP) is 4.09. The van der Waals surface area contributed by atoms with E-state index >= 15 is 0 Å². The van der Waals surface area contributed by atoms with Crippen LogP contribution in [0.4, 0.5) is 0 Å². The highest BCUT2D eigenvalue weighted by Gasteiger charge is 2.51. The van der Waals surface area contributed by atoms with Gasteiger partial charge >= 0.3 is 0 Å². The molecular weight excluding hydrogens is 348 g/mol. The Bertz CT molecular complexity index is 1020. The second-order valence-corrected chi connectivity index (χ2v) is 9.13. The van der Waals surface area contributed by atoms with Crippen LogP contribution >= 0.6 is 0 Å². The zero-order chi connectivity index (χ0) is 18.7. The molecule has 4 bridgehead atoms. The summed E-state index contributed by atoms with van der Waals surface area (Å²) in [6, 6.07) is 9.84. The van der Waals surface area contributed by atoms with Crippen molar-refractivity contribution in [2.75, 3.05) is 0 Å². The molecule has 1 N–H and O–H groups in total. The fraction of sp³-hybridized carbons (Fsp3) is 0.435. The molecule has 7 rings (SSSR count). The maximum atomic E-state index is 13.4. The molecule has 5 nitrogen and oxygen atoms in total. The fourth-order valence-electron chi connectivity index (χ4n) is 6.48. The maximum Gasteiger partial charge on any atom is 0.288 e. The van der Waals surface area contributed by atoms with E-state index in [1.165, 1.54) is 19.3 Å². The summed E-state index contributed by atoms with van der Waals surface area (Å²) in [4.78, 5) is 22.3. The lowest BCUT2D eigenvalue weighted by Gasteiger charge is -2.56. The monoisotopic (exact) mass is 372 g/mol. The predicted molar refractivity (Wildman–Crippen MR) is 107 cm³/mol. The Hall–Kier alpha value is -2.69. The number of aromatic nitrogens is 3. The summed E-state index contributed by atoms with van der Waals surface area (Å²) in [6.07, 6.45) is 13.0. The molecule has 5 heteroatoms. The molecule has 0 spiro atoms. The van der Waals surface area contributed by atoms with Crippen LogP contribution in [0.3, 0.4) is 0 Å². The molecule has 28 heavy (non-hydrogen) atoms. The molecule has 4 fully saturated rings. The van der Waals surface area contributed by atoms with Crippen molar-refractivity contribution in [3.8, 4) is 11.3 Å². The molecule has 0 aliphatic heterocycles. The highest BCUT2D eigenvalue weighted by atomic mass is 16.2. The van der Waals surface area contributed by atoms with E-state index in [-0.39, 0.29) is 11.4 Å². The van der Waals surface area contributed by atoms with Gasteiger partial charge in [-0.05, 0) is 80.5 Å². The Labute approximate surface area is 164 Å². The van der Waals surface area contributed by atoms with E-state index in [0.29, 0.717) is 5.82 Å². The largest absolute Gasteiger partial charge is 0.344 e. The molecule has 142 valence electrons. The Morgan fingerprint density at radius 1 is 1.00 bits per heavy atom.